The van der Waals surface area contributed by atoms with Gasteiger partial charge in [-0.25, -0.2) is 4.79 Å². The maximum absolute atomic E-state index is 12.9. The molecule has 0 saturated carbocycles. The van der Waals surface area contributed by atoms with Crippen molar-refractivity contribution in [2.45, 2.75) is 6.54 Å². The SMILES string of the molecule is COc1cccc(Cn2c(=O)n(C)c(=O)c3snc(-c4ccccn4)c32)c1. The molecule has 0 N–H and O–H groups in total. The van der Waals surface area contributed by atoms with E-state index >= 15 is 0 Å². The molecule has 8 heteroatoms. The lowest BCUT2D eigenvalue weighted by Crippen LogP contribution is -2.38. The van der Waals surface area contributed by atoms with Gasteiger partial charge in [-0.3, -0.25) is 18.9 Å². The van der Waals surface area contributed by atoms with Crippen LogP contribution in [0.5, 0.6) is 5.75 Å². The van der Waals surface area contributed by atoms with Crippen LogP contribution < -0.4 is 16.0 Å². The number of hydrogen-bond acceptors (Lipinski definition) is 6. The Kier molecular flexibility index (Phi) is 4.33. The number of benzene rings is 1. The van der Waals surface area contributed by atoms with E-state index in [1.54, 1.807) is 23.9 Å². The third kappa shape index (κ3) is 2.93. The Labute approximate surface area is 158 Å². The van der Waals surface area contributed by atoms with E-state index in [4.69, 9.17) is 4.74 Å². The summed E-state index contributed by atoms with van der Waals surface area (Å²) in [6.07, 6.45) is 1.66. The number of aromatic nitrogens is 4. The highest BCUT2D eigenvalue weighted by Gasteiger charge is 2.20. The number of methoxy groups -OCH3 is 1. The van der Waals surface area contributed by atoms with Gasteiger partial charge in [0.15, 0.2) is 0 Å². The van der Waals surface area contributed by atoms with Crippen molar-refractivity contribution < 1.29 is 4.74 Å². The van der Waals surface area contributed by atoms with E-state index in [9.17, 15) is 9.59 Å². The molecule has 3 aromatic heterocycles. The van der Waals surface area contributed by atoms with Gasteiger partial charge in [-0.15, -0.1) is 0 Å². The van der Waals surface area contributed by atoms with E-state index in [1.807, 2.05) is 36.4 Å². The van der Waals surface area contributed by atoms with Gasteiger partial charge < -0.3 is 4.74 Å². The van der Waals surface area contributed by atoms with Gasteiger partial charge >= 0.3 is 5.69 Å². The van der Waals surface area contributed by atoms with Crippen LogP contribution in [0.25, 0.3) is 21.6 Å². The molecule has 7 nitrogen and oxygen atoms in total. The van der Waals surface area contributed by atoms with Crippen molar-refractivity contribution in [1.82, 2.24) is 18.5 Å². The highest BCUT2D eigenvalue weighted by atomic mass is 32.1. The van der Waals surface area contributed by atoms with E-state index in [1.165, 1.54) is 7.05 Å². The van der Waals surface area contributed by atoms with E-state index in [0.29, 0.717) is 33.9 Å². The summed E-state index contributed by atoms with van der Waals surface area (Å²) in [5.74, 6) is 0.704. The Morgan fingerprint density at radius 2 is 2.00 bits per heavy atom. The molecule has 0 unspecified atom stereocenters. The minimum absolute atomic E-state index is 0.291. The fourth-order valence-corrected chi connectivity index (χ4v) is 3.83. The molecule has 0 aliphatic rings. The van der Waals surface area contributed by atoms with Crippen LogP contribution in [0, 0.1) is 0 Å². The summed E-state index contributed by atoms with van der Waals surface area (Å²) >= 11 is 1.08. The van der Waals surface area contributed by atoms with E-state index < -0.39 is 5.69 Å². The first-order valence-electron chi connectivity index (χ1n) is 8.23. The number of fused-ring (bicyclic) bond motifs is 1. The number of rotatable bonds is 4. The maximum atomic E-state index is 12.9. The van der Waals surface area contributed by atoms with Crippen molar-refractivity contribution in [2.75, 3.05) is 7.11 Å². The van der Waals surface area contributed by atoms with Gasteiger partial charge in [0.05, 0.1) is 24.9 Å². The summed E-state index contributed by atoms with van der Waals surface area (Å²) in [7, 11) is 3.07. The number of pyridine rings is 1. The Balaban J connectivity index is 1.99. The molecule has 3 heterocycles. The molecule has 0 fully saturated rings. The first-order chi connectivity index (χ1) is 13.1. The molecule has 0 aliphatic heterocycles. The lowest BCUT2D eigenvalue weighted by atomic mass is 10.2. The second-order valence-corrected chi connectivity index (χ2v) is 6.78. The molecule has 0 spiro atoms. The van der Waals surface area contributed by atoms with Crippen LogP contribution in [-0.2, 0) is 13.6 Å². The second kappa shape index (κ2) is 6.81. The summed E-state index contributed by atoms with van der Waals surface area (Å²) in [4.78, 5) is 29.8. The Morgan fingerprint density at radius 3 is 2.74 bits per heavy atom. The lowest BCUT2D eigenvalue weighted by Gasteiger charge is -2.11. The third-order valence-corrected chi connectivity index (χ3v) is 5.16. The molecule has 4 aromatic rings. The van der Waals surface area contributed by atoms with Crippen LogP contribution in [-0.4, -0.2) is 25.6 Å². The van der Waals surface area contributed by atoms with Crippen molar-refractivity contribution >= 4 is 21.7 Å². The molecule has 27 heavy (non-hydrogen) atoms. The van der Waals surface area contributed by atoms with E-state index in [0.717, 1.165) is 21.7 Å². The fourth-order valence-electron chi connectivity index (χ4n) is 2.96. The minimum atomic E-state index is -0.396. The highest BCUT2D eigenvalue weighted by Crippen LogP contribution is 2.27. The van der Waals surface area contributed by atoms with Crippen LogP contribution in [0.2, 0.25) is 0 Å². The van der Waals surface area contributed by atoms with Crippen molar-refractivity contribution in [1.29, 1.82) is 0 Å². The summed E-state index contributed by atoms with van der Waals surface area (Å²) in [5, 5.41) is 0. The van der Waals surface area contributed by atoms with Crippen molar-refractivity contribution in [3.05, 3.63) is 75.1 Å². The smallest absolute Gasteiger partial charge is 0.331 e. The van der Waals surface area contributed by atoms with Crippen LogP contribution in [0.4, 0.5) is 0 Å². The average molecular weight is 380 g/mol. The largest absolute Gasteiger partial charge is 0.497 e. The predicted molar refractivity (Wildman–Crippen MR) is 104 cm³/mol. The highest BCUT2D eigenvalue weighted by molar-refractivity contribution is 7.13. The molecule has 4 rings (SSSR count). The molecule has 1 aromatic carbocycles. The van der Waals surface area contributed by atoms with Gasteiger partial charge in [0.2, 0.25) is 0 Å². The predicted octanol–water partition coefficient (Wildman–Crippen LogP) is 2.28. The fraction of sp³-hybridized carbons (Fsp3) is 0.158. The lowest BCUT2D eigenvalue weighted by molar-refractivity contribution is 0.414. The first-order valence-corrected chi connectivity index (χ1v) is 9.01. The van der Waals surface area contributed by atoms with Crippen molar-refractivity contribution in [3.8, 4) is 17.1 Å². The number of nitrogens with zero attached hydrogens (tertiary/aromatic N) is 4. The maximum Gasteiger partial charge on any atom is 0.331 e. The van der Waals surface area contributed by atoms with Gasteiger partial charge in [0, 0.05) is 13.2 Å². The third-order valence-electron chi connectivity index (χ3n) is 4.34. The first kappa shape index (κ1) is 17.2. The van der Waals surface area contributed by atoms with Crippen LogP contribution in [0.15, 0.2) is 58.3 Å². The molecule has 0 atom stereocenters. The molecule has 0 aliphatic carbocycles. The molecule has 0 saturated heterocycles. The summed E-state index contributed by atoms with van der Waals surface area (Å²) in [6, 6.07) is 12.9. The molecule has 0 radical (unpaired) electrons. The van der Waals surface area contributed by atoms with Crippen molar-refractivity contribution in [3.63, 3.8) is 0 Å². The van der Waals surface area contributed by atoms with Gasteiger partial charge in [0.1, 0.15) is 16.1 Å². The molecular formula is C19H16N4O3S. The quantitative estimate of drug-likeness (QED) is 0.543. The topological polar surface area (TPSA) is 79.0 Å². The zero-order chi connectivity index (χ0) is 19.0. The van der Waals surface area contributed by atoms with Gasteiger partial charge in [-0.1, -0.05) is 18.2 Å². The monoisotopic (exact) mass is 380 g/mol. The zero-order valence-corrected chi connectivity index (χ0v) is 15.6. The Hall–Kier alpha value is -3.26. The van der Waals surface area contributed by atoms with Crippen LogP contribution in [0.1, 0.15) is 5.56 Å². The van der Waals surface area contributed by atoms with Crippen molar-refractivity contribution in [2.24, 2.45) is 7.05 Å². The molecule has 0 bridgehead atoms. The van der Waals surface area contributed by atoms with Gasteiger partial charge in [-0.2, -0.15) is 4.37 Å². The molecule has 136 valence electrons. The standard InChI is InChI=1S/C19H16N4O3S/c1-22-18(24)17-16(15(21-27-17)14-8-3-4-9-20-14)23(19(22)25)11-12-6-5-7-13(10-12)26-2/h3-10H,11H2,1-2H3. The van der Waals surface area contributed by atoms with Gasteiger partial charge in [0.25, 0.3) is 5.56 Å². The Bertz CT molecular complexity index is 1240. The van der Waals surface area contributed by atoms with Gasteiger partial charge in [-0.05, 0) is 41.4 Å². The van der Waals surface area contributed by atoms with Crippen LogP contribution >= 0.6 is 11.5 Å². The average Bonchev–Trinajstić information content (AvgIpc) is 3.15. The number of ether oxygens (including phenoxy) is 1. The number of hydrogen-bond donors (Lipinski definition) is 0. The Morgan fingerprint density at radius 1 is 1.15 bits per heavy atom. The second-order valence-electron chi connectivity index (χ2n) is 6.01. The normalized spacial score (nSPS) is 11.0. The van der Waals surface area contributed by atoms with Crippen LogP contribution in [0.3, 0.4) is 0 Å². The molecular weight excluding hydrogens is 364 g/mol. The summed E-state index contributed by atoms with van der Waals surface area (Å²) in [6.45, 7) is 0.291. The molecule has 0 amide bonds. The minimum Gasteiger partial charge on any atom is -0.497 e. The zero-order valence-electron chi connectivity index (χ0n) is 14.7. The van der Waals surface area contributed by atoms with E-state index in [2.05, 4.69) is 9.36 Å². The summed E-state index contributed by atoms with van der Waals surface area (Å²) < 4.78 is 12.8. The summed E-state index contributed by atoms with van der Waals surface area (Å²) in [5.41, 5.74) is 1.80. The van der Waals surface area contributed by atoms with E-state index in [-0.39, 0.29) is 5.56 Å².